The van der Waals surface area contributed by atoms with E-state index in [0.717, 1.165) is 63.8 Å². The monoisotopic (exact) mass is 392 g/mol. The summed E-state index contributed by atoms with van der Waals surface area (Å²) in [7, 11) is 0. The molecule has 1 N–H and O–H groups in total. The van der Waals surface area contributed by atoms with Crippen molar-refractivity contribution in [3.8, 4) is 0 Å². The first-order chi connectivity index (χ1) is 13.5. The maximum Gasteiger partial charge on any atom is 0.236 e. The molecule has 0 bridgehead atoms. The van der Waals surface area contributed by atoms with Crippen molar-refractivity contribution in [3.05, 3.63) is 0 Å². The molecular weight excluding hydrogens is 348 g/mol. The summed E-state index contributed by atoms with van der Waals surface area (Å²) < 4.78 is 0. The standard InChI is InChI=1S/C23H44N4O/c1-19(2)21-9-15-25(16-10-21)18-23(28)27(22-6-11-24-12-7-22)17-8-20(3)26-13-4-5-14-26/h19-22,24H,4-18H2,1-3H3. The molecule has 162 valence electrons. The Morgan fingerprint density at radius 3 is 2.25 bits per heavy atom. The summed E-state index contributed by atoms with van der Waals surface area (Å²) in [5, 5.41) is 3.46. The molecule has 3 saturated heterocycles. The SMILES string of the molecule is CC(C)C1CCN(CC(=O)N(CCC(C)N2CCCC2)C2CCNCC2)CC1. The average molecular weight is 393 g/mol. The molecule has 0 aromatic heterocycles. The minimum absolute atomic E-state index is 0.378. The fraction of sp³-hybridized carbons (Fsp3) is 0.957. The van der Waals surface area contributed by atoms with E-state index in [1.165, 1.54) is 38.8 Å². The molecule has 28 heavy (non-hydrogen) atoms. The van der Waals surface area contributed by atoms with Crippen LogP contribution in [0.2, 0.25) is 0 Å². The molecule has 1 amide bonds. The quantitative estimate of drug-likeness (QED) is 0.689. The van der Waals surface area contributed by atoms with Gasteiger partial charge in [0.2, 0.25) is 5.91 Å². The van der Waals surface area contributed by atoms with Gasteiger partial charge in [-0.05, 0) is 103 Å². The number of piperidine rings is 2. The lowest BCUT2D eigenvalue weighted by atomic mass is 9.87. The molecule has 0 saturated carbocycles. The number of hydrogen-bond acceptors (Lipinski definition) is 4. The second kappa shape index (κ2) is 10.9. The minimum atomic E-state index is 0.378. The Morgan fingerprint density at radius 1 is 1.00 bits per heavy atom. The number of hydrogen-bond donors (Lipinski definition) is 1. The molecule has 1 atom stereocenters. The fourth-order valence-electron chi connectivity index (χ4n) is 5.38. The zero-order valence-electron chi connectivity index (χ0n) is 18.7. The molecule has 5 nitrogen and oxygen atoms in total. The maximum absolute atomic E-state index is 13.3. The Morgan fingerprint density at radius 2 is 1.64 bits per heavy atom. The van der Waals surface area contributed by atoms with Crippen molar-refractivity contribution in [1.29, 1.82) is 0 Å². The molecule has 3 rings (SSSR count). The van der Waals surface area contributed by atoms with Crippen molar-refractivity contribution < 1.29 is 4.79 Å². The Balaban J connectivity index is 1.52. The smallest absolute Gasteiger partial charge is 0.236 e. The van der Waals surface area contributed by atoms with E-state index in [4.69, 9.17) is 0 Å². The number of carbonyl (C=O) groups is 1. The van der Waals surface area contributed by atoms with Crippen LogP contribution in [-0.2, 0) is 4.79 Å². The van der Waals surface area contributed by atoms with Crippen molar-refractivity contribution in [1.82, 2.24) is 20.0 Å². The Bertz CT molecular complexity index is 463. The fourth-order valence-corrected chi connectivity index (χ4v) is 5.38. The minimum Gasteiger partial charge on any atom is -0.338 e. The van der Waals surface area contributed by atoms with Gasteiger partial charge in [0, 0.05) is 18.6 Å². The third-order valence-electron chi connectivity index (χ3n) is 7.56. The Hall–Kier alpha value is -0.650. The van der Waals surface area contributed by atoms with Crippen LogP contribution in [0.15, 0.2) is 0 Å². The van der Waals surface area contributed by atoms with Crippen LogP contribution in [0.1, 0.15) is 65.7 Å². The number of rotatable bonds is 8. The number of carbonyl (C=O) groups excluding carboxylic acids is 1. The van der Waals surface area contributed by atoms with E-state index in [0.29, 0.717) is 24.5 Å². The van der Waals surface area contributed by atoms with Gasteiger partial charge in [-0.25, -0.2) is 0 Å². The van der Waals surface area contributed by atoms with Crippen LogP contribution in [0.3, 0.4) is 0 Å². The summed E-state index contributed by atoms with van der Waals surface area (Å²) in [5.41, 5.74) is 0. The highest BCUT2D eigenvalue weighted by atomic mass is 16.2. The molecular formula is C23H44N4O. The van der Waals surface area contributed by atoms with Gasteiger partial charge in [0.05, 0.1) is 6.54 Å². The van der Waals surface area contributed by atoms with Gasteiger partial charge in [-0.15, -0.1) is 0 Å². The van der Waals surface area contributed by atoms with Crippen molar-refractivity contribution >= 4 is 5.91 Å². The van der Waals surface area contributed by atoms with Crippen LogP contribution < -0.4 is 5.32 Å². The van der Waals surface area contributed by atoms with E-state index in [-0.39, 0.29) is 0 Å². The zero-order chi connectivity index (χ0) is 19.9. The Labute approximate surface area is 173 Å². The molecule has 0 spiro atoms. The summed E-state index contributed by atoms with van der Waals surface area (Å²) in [5.74, 6) is 1.99. The molecule has 0 aliphatic carbocycles. The topological polar surface area (TPSA) is 38.8 Å². The lowest BCUT2D eigenvalue weighted by Gasteiger charge is -2.39. The molecule has 0 aromatic carbocycles. The van der Waals surface area contributed by atoms with E-state index in [9.17, 15) is 4.79 Å². The van der Waals surface area contributed by atoms with Gasteiger partial charge in [0.1, 0.15) is 0 Å². The van der Waals surface area contributed by atoms with Gasteiger partial charge in [-0.3, -0.25) is 9.69 Å². The van der Waals surface area contributed by atoms with E-state index in [1.54, 1.807) is 0 Å². The summed E-state index contributed by atoms with van der Waals surface area (Å²) >= 11 is 0. The van der Waals surface area contributed by atoms with Crippen molar-refractivity contribution in [2.24, 2.45) is 11.8 Å². The highest BCUT2D eigenvalue weighted by Gasteiger charge is 2.29. The molecule has 0 aromatic rings. The van der Waals surface area contributed by atoms with Crippen LogP contribution >= 0.6 is 0 Å². The van der Waals surface area contributed by atoms with Gasteiger partial charge >= 0.3 is 0 Å². The normalized spacial score (nSPS) is 24.7. The van der Waals surface area contributed by atoms with Crippen LogP contribution in [-0.4, -0.2) is 85.0 Å². The van der Waals surface area contributed by atoms with E-state index in [2.05, 4.69) is 40.8 Å². The average Bonchev–Trinajstić information content (AvgIpc) is 3.24. The Kier molecular flexibility index (Phi) is 8.61. The number of amides is 1. The van der Waals surface area contributed by atoms with Crippen LogP contribution in [0.5, 0.6) is 0 Å². The van der Waals surface area contributed by atoms with E-state index < -0.39 is 0 Å². The summed E-state index contributed by atoms with van der Waals surface area (Å²) in [6, 6.07) is 1.04. The number of nitrogens with zero attached hydrogens (tertiary/aromatic N) is 3. The maximum atomic E-state index is 13.3. The highest BCUT2D eigenvalue weighted by Crippen LogP contribution is 2.25. The second-order valence-corrected chi connectivity index (χ2v) is 9.81. The van der Waals surface area contributed by atoms with E-state index in [1.807, 2.05) is 0 Å². The van der Waals surface area contributed by atoms with Gasteiger partial charge in [-0.2, -0.15) is 0 Å². The molecule has 1 unspecified atom stereocenters. The summed E-state index contributed by atoms with van der Waals surface area (Å²) in [4.78, 5) is 20.6. The van der Waals surface area contributed by atoms with E-state index >= 15 is 0 Å². The molecule has 3 aliphatic rings. The lowest BCUT2D eigenvalue weighted by Crippen LogP contribution is -2.51. The third-order valence-corrected chi connectivity index (χ3v) is 7.56. The van der Waals surface area contributed by atoms with Crippen LogP contribution in [0, 0.1) is 11.8 Å². The molecule has 3 heterocycles. The van der Waals surface area contributed by atoms with Gasteiger partial charge < -0.3 is 15.1 Å². The third kappa shape index (κ3) is 6.17. The molecule has 0 radical (unpaired) electrons. The highest BCUT2D eigenvalue weighted by molar-refractivity contribution is 5.78. The predicted octanol–water partition coefficient (Wildman–Crippen LogP) is 2.81. The zero-order valence-corrected chi connectivity index (χ0v) is 18.7. The predicted molar refractivity (Wildman–Crippen MR) is 116 cm³/mol. The first-order valence-electron chi connectivity index (χ1n) is 12.0. The molecule has 3 aliphatic heterocycles. The molecule has 3 fully saturated rings. The first-order valence-corrected chi connectivity index (χ1v) is 12.0. The van der Waals surface area contributed by atoms with Gasteiger partial charge in [-0.1, -0.05) is 13.8 Å². The largest absolute Gasteiger partial charge is 0.338 e. The first kappa shape index (κ1) is 22.0. The van der Waals surface area contributed by atoms with Gasteiger partial charge in [0.15, 0.2) is 0 Å². The molecule has 5 heteroatoms. The number of nitrogens with one attached hydrogen (secondary N) is 1. The lowest BCUT2D eigenvalue weighted by molar-refractivity contribution is -0.136. The van der Waals surface area contributed by atoms with Crippen molar-refractivity contribution in [3.63, 3.8) is 0 Å². The van der Waals surface area contributed by atoms with Gasteiger partial charge in [0.25, 0.3) is 0 Å². The number of likely N-dealkylation sites (tertiary alicyclic amines) is 2. The second-order valence-electron chi connectivity index (χ2n) is 9.81. The van der Waals surface area contributed by atoms with Crippen LogP contribution in [0.4, 0.5) is 0 Å². The van der Waals surface area contributed by atoms with Crippen LogP contribution in [0.25, 0.3) is 0 Å². The van der Waals surface area contributed by atoms with Crippen molar-refractivity contribution in [2.75, 3.05) is 52.4 Å². The summed E-state index contributed by atoms with van der Waals surface area (Å²) in [6.07, 6.45) is 8.53. The van der Waals surface area contributed by atoms with Crippen molar-refractivity contribution in [2.45, 2.75) is 77.8 Å². The summed E-state index contributed by atoms with van der Waals surface area (Å²) in [6.45, 7) is 15.4.